The number of ketones is 1. The molecule has 9 heteroatoms. The van der Waals surface area contributed by atoms with Gasteiger partial charge in [0.2, 0.25) is 0 Å². The highest BCUT2D eigenvalue weighted by Gasteiger charge is 2.41. The van der Waals surface area contributed by atoms with Crippen molar-refractivity contribution in [3.8, 4) is 0 Å². The Kier molecular flexibility index (Phi) is 8.62. The van der Waals surface area contributed by atoms with Crippen molar-refractivity contribution in [2.45, 2.75) is 26.3 Å². The zero-order valence-corrected chi connectivity index (χ0v) is 20.0. The van der Waals surface area contributed by atoms with Crippen LogP contribution in [0.15, 0.2) is 70.9 Å². The summed E-state index contributed by atoms with van der Waals surface area (Å²) in [5.74, 6) is -2.96. The van der Waals surface area contributed by atoms with Crippen molar-refractivity contribution in [1.82, 2.24) is 4.90 Å². The zero-order chi connectivity index (χ0) is 25.5. The molecule has 0 amide bonds. The van der Waals surface area contributed by atoms with Gasteiger partial charge in [-0.15, -0.1) is 0 Å². The number of nitro groups is 1. The van der Waals surface area contributed by atoms with Crippen molar-refractivity contribution < 1.29 is 24.4 Å². The normalized spacial score (nSPS) is 17.8. The van der Waals surface area contributed by atoms with Crippen LogP contribution in [0.2, 0.25) is 0 Å². The van der Waals surface area contributed by atoms with Gasteiger partial charge in [-0.05, 0) is 32.0 Å². The van der Waals surface area contributed by atoms with Crippen molar-refractivity contribution in [3.05, 3.63) is 87.1 Å². The summed E-state index contributed by atoms with van der Waals surface area (Å²) < 4.78 is 5.57. The predicted octanol–water partition coefficient (Wildman–Crippen LogP) is 3.28. The summed E-state index contributed by atoms with van der Waals surface area (Å²) in [4.78, 5) is 43.1. The molecule has 2 unspecified atom stereocenters. The van der Waals surface area contributed by atoms with Gasteiger partial charge in [-0.1, -0.05) is 42.5 Å². The molecule has 35 heavy (non-hydrogen) atoms. The van der Waals surface area contributed by atoms with Gasteiger partial charge < -0.3 is 9.84 Å². The Morgan fingerprint density at radius 2 is 1.86 bits per heavy atom. The summed E-state index contributed by atoms with van der Waals surface area (Å²) >= 11 is 0. The number of carbonyl (C=O) groups is 2. The minimum Gasteiger partial charge on any atom is -0.461 e. The number of hydrogen-bond acceptors (Lipinski definition) is 8. The maximum Gasteiger partial charge on any atom is 0.336 e. The van der Waals surface area contributed by atoms with Gasteiger partial charge in [0.1, 0.15) is 13.2 Å². The van der Waals surface area contributed by atoms with E-state index in [1.165, 1.54) is 18.2 Å². The van der Waals surface area contributed by atoms with E-state index in [1.807, 2.05) is 42.3 Å². The summed E-state index contributed by atoms with van der Waals surface area (Å²) in [6.07, 6.45) is 0. The molecule has 1 aliphatic rings. The number of hydrogen-bond donors (Lipinski definition) is 1. The van der Waals surface area contributed by atoms with E-state index in [4.69, 9.17) is 4.74 Å². The van der Waals surface area contributed by atoms with Gasteiger partial charge >= 0.3 is 5.97 Å². The third kappa shape index (κ3) is 6.26. The molecule has 0 aromatic heterocycles. The fourth-order valence-corrected chi connectivity index (χ4v) is 4.36. The first-order chi connectivity index (χ1) is 16.7. The molecule has 2 aromatic carbocycles. The summed E-state index contributed by atoms with van der Waals surface area (Å²) in [7, 11) is 1.92. The lowest BCUT2D eigenvalue weighted by atomic mass is 9.73. The van der Waals surface area contributed by atoms with Crippen molar-refractivity contribution >= 4 is 23.2 Å². The molecule has 0 saturated heterocycles. The standard InChI is InChI=1S/C26H29N3O6/c1-17-23(22(31)16-30)25(20-10-7-11-21(14-20)29(33)34)24(18(2)27-17)26(32)35-13-12-28(3)15-19-8-5-4-6-9-19/h4-11,14,23,25,30H,12-13,15-16H2,1-3H3. The molecule has 1 N–H and O–H groups in total. The maximum atomic E-state index is 13.2. The number of likely N-dealkylation sites (N-methyl/N-ethyl adjacent to an activating group) is 1. The number of nitrogens with zero attached hydrogens (tertiary/aromatic N) is 3. The minimum absolute atomic E-state index is 0.113. The molecular formula is C26H29N3O6. The molecule has 0 radical (unpaired) electrons. The lowest BCUT2D eigenvalue weighted by Crippen LogP contribution is -2.37. The van der Waals surface area contributed by atoms with E-state index in [0.29, 0.717) is 30.1 Å². The van der Waals surface area contributed by atoms with E-state index >= 15 is 0 Å². The van der Waals surface area contributed by atoms with Gasteiger partial charge in [-0.25, -0.2) is 4.79 Å². The lowest BCUT2D eigenvalue weighted by Gasteiger charge is -2.31. The van der Waals surface area contributed by atoms with Crippen LogP contribution in [0, 0.1) is 16.0 Å². The minimum atomic E-state index is -0.936. The second-order valence-electron chi connectivity index (χ2n) is 8.54. The number of esters is 1. The molecule has 2 aromatic rings. The highest BCUT2D eigenvalue weighted by Crippen LogP contribution is 2.40. The Hall–Kier alpha value is -3.69. The number of aliphatic hydroxyl groups is 1. The number of carbonyl (C=O) groups excluding carboxylic acids is 2. The van der Waals surface area contributed by atoms with Crippen molar-refractivity contribution in [3.63, 3.8) is 0 Å². The summed E-state index contributed by atoms with van der Waals surface area (Å²) in [6, 6.07) is 15.7. The monoisotopic (exact) mass is 479 g/mol. The number of nitro benzene ring substituents is 1. The van der Waals surface area contributed by atoms with Crippen molar-refractivity contribution in [1.29, 1.82) is 0 Å². The van der Waals surface area contributed by atoms with E-state index in [2.05, 4.69) is 4.99 Å². The third-order valence-corrected chi connectivity index (χ3v) is 5.99. The Morgan fingerprint density at radius 3 is 2.51 bits per heavy atom. The Balaban J connectivity index is 1.84. The molecule has 2 atom stereocenters. The molecule has 9 nitrogen and oxygen atoms in total. The van der Waals surface area contributed by atoms with Gasteiger partial charge in [-0.2, -0.15) is 0 Å². The molecule has 1 aliphatic heterocycles. The van der Waals surface area contributed by atoms with E-state index in [9.17, 15) is 24.8 Å². The smallest absolute Gasteiger partial charge is 0.336 e. The molecule has 0 fully saturated rings. The predicted molar refractivity (Wildman–Crippen MR) is 131 cm³/mol. The van der Waals surface area contributed by atoms with Crippen molar-refractivity contribution in [2.75, 3.05) is 26.8 Å². The van der Waals surface area contributed by atoms with Crippen LogP contribution in [-0.2, 0) is 20.9 Å². The van der Waals surface area contributed by atoms with Crippen LogP contribution in [-0.4, -0.2) is 59.2 Å². The highest BCUT2D eigenvalue weighted by molar-refractivity contribution is 6.09. The molecule has 0 bridgehead atoms. The topological polar surface area (TPSA) is 122 Å². The average Bonchev–Trinajstić information content (AvgIpc) is 2.83. The Bertz CT molecular complexity index is 1160. The van der Waals surface area contributed by atoms with Crippen LogP contribution in [0.25, 0.3) is 0 Å². The average molecular weight is 480 g/mol. The second kappa shape index (κ2) is 11.6. The molecule has 3 rings (SSSR count). The first-order valence-electron chi connectivity index (χ1n) is 11.3. The summed E-state index contributed by atoms with van der Waals surface area (Å²) in [5, 5.41) is 20.9. The van der Waals surface area contributed by atoms with Crippen LogP contribution >= 0.6 is 0 Å². The van der Waals surface area contributed by atoms with E-state index in [0.717, 1.165) is 5.56 Å². The number of aliphatic imine (C=N–C) groups is 1. The molecule has 0 saturated carbocycles. The van der Waals surface area contributed by atoms with Gasteiger partial charge in [-0.3, -0.25) is 24.8 Å². The summed E-state index contributed by atoms with van der Waals surface area (Å²) in [5.41, 5.74) is 2.35. The van der Waals surface area contributed by atoms with Crippen LogP contribution in [0.3, 0.4) is 0 Å². The SMILES string of the molecule is CC1=NC(C)=C(C(=O)OCCN(C)Cc2ccccc2)C(c2cccc([N+](=O)[O-])c2)C1C(=O)CO. The Labute approximate surface area is 203 Å². The molecule has 0 spiro atoms. The van der Waals surface area contributed by atoms with Gasteiger partial charge in [0.25, 0.3) is 5.69 Å². The summed E-state index contributed by atoms with van der Waals surface area (Å²) in [6.45, 7) is 3.83. The van der Waals surface area contributed by atoms with Gasteiger partial charge in [0.15, 0.2) is 5.78 Å². The second-order valence-corrected chi connectivity index (χ2v) is 8.54. The largest absolute Gasteiger partial charge is 0.461 e. The molecule has 0 aliphatic carbocycles. The van der Waals surface area contributed by atoms with E-state index < -0.39 is 35.1 Å². The van der Waals surface area contributed by atoms with Crippen molar-refractivity contribution in [2.24, 2.45) is 10.9 Å². The fraction of sp³-hybridized carbons (Fsp3) is 0.346. The number of non-ortho nitro benzene ring substituents is 1. The lowest BCUT2D eigenvalue weighted by molar-refractivity contribution is -0.384. The molecular weight excluding hydrogens is 450 g/mol. The quantitative estimate of drug-likeness (QED) is 0.315. The Morgan fingerprint density at radius 1 is 1.14 bits per heavy atom. The highest BCUT2D eigenvalue weighted by atomic mass is 16.6. The third-order valence-electron chi connectivity index (χ3n) is 5.99. The number of rotatable bonds is 10. The van der Waals surface area contributed by atoms with Gasteiger partial charge in [0.05, 0.1) is 16.4 Å². The van der Waals surface area contributed by atoms with E-state index in [-0.39, 0.29) is 17.9 Å². The van der Waals surface area contributed by atoms with Gasteiger partial charge in [0, 0.05) is 42.5 Å². The first kappa shape index (κ1) is 25.9. The first-order valence-corrected chi connectivity index (χ1v) is 11.3. The number of benzene rings is 2. The number of Topliss-reactive ketones (excluding diaryl/α,β-unsaturated/α-hetero) is 1. The van der Waals surface area contributed by atoms with E-state index in [1.54, 1.807) is 19.9 Å². The maximum absolute atomic E-state index is 13.2. The fourth-order valence-electron chi connectivity index (χ4n) is 4.36. The zero-order valence-electron chi connectivity index (χ0n) is 20.0. The number of aliphatic hydroxyl groups excluding tert-OH is 1. The van der Waals surface area contributed by atoms with Crippen LogP contribution in [0.1, 0.15) is 30.9 Å². The van der Waals surface area contributed by atoms with Crippen LogP contribution in [0.5, 0.6) is 0 Å². The molecule has 184 valence electrons. The van der Waals surface area contributed by atoms with Crippen LogP contribution < -0.4 is 0 Å². The number of ether oxygens (including phenoxy) is 1. The van der Waals surface area contributed by atoms with Crippen LogP contribution in [0.4, 0.5) is 5.69 Å². The number of allylic oxidation sites excluding steroid dienone is 1. The molecule has 1 heterocycles.